The monoisotopic (exact) mass is 163 g/mol. The van der Waals surface area contributed by atoms with E-state index in [-0.39, 0.29) is 0 Å². The van der Waals surface area contributed by atoms with Crippen molar-refractivity contribution in [2.24, 2.45) is 0 Å². The van der Waals surface area contributed by atoms with E-state index in [0.29, 0.717) is 6.04 Å². The number of hydrogen-bond acceptors (Lipinski definition) is 1. The molecule has 0 saturated carbocycles. The molecular formula is C11H17N. The van der Waals surface area contributed by atoms with Crippen molar-refractivity contribution in [3.05, 3.63) is 17.9 Å². The predicted octanol–water partition coefficient (Wildman–Crippen LogP) is 2.34. The molecule has 2 atom stereocenters. The van der Waals surface area contributed by atoms with Crippen molar-refractivity contribution in [2.75, 3.05) is 6.54 Å². The topological polar surface area (TPSA) is 3.24 Å². The molecule has 1 heterocycles. The molecule has 2 aliphatic rings. The quantitative estimate of drug-likeness (QED) is 0.536. The molecular weight excluding hydrogens is 146 g/mol. The third-order valence-electron chi connectivity index (χ3n) is 3.05. The van der Waals surface area contributed by atoms with Gasteiger partial charge in [-0.1, -0.05) is 0 Å². The summed E-state index contributed by atoms with van der Waals surface area (Å²) in [5.74, 6) is 0. The smallest absolute Gasteiger partial charge is 0.0355 e. The molecule has 66 valence electrons. The SMILES string of the molecule is CC1CCN1[C@H]1C=C=CCCC1. The zero-order valence-electron chi connectivity index (χ0n) is 7.79. The molecule has 12 heavy (non-hydrogen) atoms. The summed E-state index contributed by atoms with van der Waals surface area (Å²) < 4.78 is 0. The molecule has 0 spiro atoms. The van der Waals surface area contributed by atoms with E-state index < -0.39 is 0 Å². The highest BCUT2D eigenvalue weighted by molar-refractivity contribution is 5.01. The molecule has 1 aliphatic heterocycles. The van der Waals surface area contributed by atoms with Gasteiger partial charge in [0.05, 0.1) is 0 Å². The van der Waals surface area contributed by atoms with Gasteiger partial charge in [-0.2, -0.15) is 0 Å². The van der Waals surface area contributed by atoms with Gasteiger partial charge in [0.25, 0.3) is 0 Å². The Bertz CT molecular complexity index is 213. The highest BCUT2D eigenvalue weighted by Gasteiger charge is 2.28. The minimum atomic E-state index is 0.688. The molecule has 0 aromatic heterocycles. The van der Waals surface area contributed by atoms with Gasteiger partial charge in [0, 0.05) is 18.6 Å². The minimum absolute atomic E-state index is 0.688. The van der Waals surface area contributed by atoms with Crippen molar-refractivity contribution in [1.82, 2.24) is 4.90 Å². The summed E-state index contributed by atoms with van der Waals surface area (Å²) in [6, 6.07) is 1.50. The summed E-state index contributed by atoms with van der Waals surface area (Å²) in [4.78, 5) is 2.59. The van der Waals surface area contributed by atoms with Crippen molar-refractivity contribution in [3.63, 3.8) is 0 Å². The lowest BCUT2D eigenvalue weighted by atomic mass is 9.99. The Morgan fingerprint density at radius 3 is 3.00 bits per heavy atom. The average Bonchev–Trinajstić information content (AvgIpc) is 2.30. The van der Waals surface area contributed by atoms with Crippen LogP contribution in [0.25, 0.3) is 0 Å². The van der Waals surface area contributed by atoms with E-state index in [2.05, 4.69) is 29.7 Å². The summed E-state index contributed by atoms with van der Waals surface area (Å²) in [5, 5.41) is 0. The van der Waals surface area contributed by atoms with Crippen LogP contribution in [-0.2, 0) is 0 Å². The van der Waals surface area contributed by atoms with E-state index in [1.165, 1.54) is 32.2 Å². The van der Waals surface area contributed by atoms with Gasteiger partial charge >= 0.3 is 0 Å². The summed E-state index contributed by atoms with van der Waals surface area (Å²) in [6.07, 6.45) is 9.68. The summed E-state index contributed by atoms with van der Waals surface area (Å²) in [5.41, 5.74) is 3.28. The van der Waals surface area contributed by atoms with Crippen molar-refractivity contribution in [2.45, 2.75) is 44.7 Å². The van der Waals surface area contributed by atoms with Crippen molar-refractivity contribution >= 4 is 0 Å². The van der Waals surface area contributed by atoms with E-state index in [0.717, 1.165) is 6.04 Å². The lowest BCUT2D eigenvalue weighted by molar-refractivity contribution is 0.0694. The van der Waals surface area contributed by atoms with Gasteiger partial charge in [-0.25, -0.2) is 0 Å². The summed E-state index contributed by atoms with van der Waals surface area (Å²) in [6.45, 7) is 3.62. The Balaban J connectivity index is 1.98. The van der Waals surface area contributed by atoms with Crippen LogP contribution in [0.3, 0.4) is 0 Å². The van der Waals surface area contributed by atoms with Crippen LogP contribution >= 0.6 is 0 Å². The maximum absolute atomic E-state index is 3.28. The molecule has 0 aromatic carbocycles. The first-order valence-electron chi connectivity index (χ1n) is 5.05. The molecule has 1 unspecified atom stereocenters. The summed E-state index contributed by atoms with van der Waals surface area (Å²) >= 11 is 0. The van der Waals surface area contributed by atoms with Crippen LogP contribution in [0.4, 0.5) is 0 Å². The van der Waals surface area contributed by atoms with Gasteiger partial charge in [-0.15, -0.1) is 5.73 Å². The molecule has 0 bridgehead atoms. The molecule has 0 N–H and O–H groups in total. The van der Waals surface area contributed by atoms with Crippen LogP contribution in [0.1, 0.15) is 32.6 Å². The standard InChI is InChI=1S/C11H17N/c1-10-8-9-12(10)11-6-4-2-3-5-7-11/h2,6,10-11H,3,5,7-9H2,1H3/t10?,11-/m0/s1. The molecule has 1 saturated heterocycles. The zero-order valence-corrected chi connectivity index (χ0v) is 7.79. The second-order valence-corrected chi connectivity index (χ2v) is 3.91. The van der Waals surface area contributed by atoms with Gasteiger partial charge < -0.3 is 0 Å². The Hall–Kier alpha value is -0.520. The fraction of sp³-hybridized carbons (Fsp3) is 0.727. The Morgan fingerprint density at radius 2 is 2.33 bits per heavy atom. The van der Waals surface area contributed by atoms with Crippen molar-refractivity contribution in [1.29, 1.82) is 0 Å². The van der Waals surface area contributed by atoms with Crippen molar-refractivity contribution in [3.8, 4) is 0 Å². The van der Waals surface area contributed by atoms with E-state index in [9.17, 15) is 0 Å². The second-order valence-electron chi connectivity index (χ2n) is 3.91. The highest BCUT2D eigenvalue weighted by atomic mass is 15.2. The van der Waals surface area contributed by atoms with Gasteiger partial charge in [0.15, 0.2) is 0 Å². The number of rotatable bonds is 1. The van der Waals surface area contributed by atoms with E-state index >= 15 is 0 Å². The third kappa shape index (κ3) is 1.48. The largest absolute Gasteiger partial charge is 0.294 e. The highest BCUT2D eigenvalue weighted by Crippen LogP contribution is 2.24. The van der Waals surface area contributed by atoms with Gasteiger partial charge in [0.1, 0.15) is 0 Å². The molecule has 2 rings (SSSR count). The minimum Gasteiger partial charge on any atom is -0.294 e. The average molecular weight is 163 g/mol. The van der Waals surface area contributed by atoms with Crippen LogP contribution < -0.4 is 0 Å². The first-order chi connectivity index (χ1) is 5.88. The molecule has 1 heteroatoms. The zero-order chi connectivity index (χ0) is 8.39. The maximum Gasteiger partial charge on any atom is 0.0355 e. The Morgan fingerprint density at radius 1 is 1.42 bits per heavy atom. The number of hydrogen-bond donors (Lipinski definition) is 0. The third-order valence-corrected chi connectivity index (χ3v) is 3.05. The molecule has 1 nitrogen and oxygen atoms in total. The summed E-state index contributed by atoms with van der Waals surface area (Å²) in [7, 11) is 0. The van der Waals surface area contributed by atoms with Gasteiger partial charge in [-0.3, -0.25) is 4.90 Å². The van der Waals surface area contributed by atoms with Crippen LogP contribution in [0, 0.1) is 0 Å². The van der Waals surface area contributed by atoms with E-state index in [4.69, 9.17) is 0 Å². The normalized spacial score (nSPS) is 36.1. The van der Waals surface area contributed by atoms with Crippen LogP contribution in [0.2, 0.25) is 0 Å². The van der Waals surface area contributed by atoms with E-state index in [1.807, 2.05) is 0 Å². The van der Waals surface area contributed by atoms with Crippen LogP contribution in [0.5, 0.6) is 0 Å². The lowest BCUT2D eigenvalue weighted by Crippen LogP contribution is -2.50. The second kappa shape index (κ2) is 3.47. The van der Waals surface area contributed by atoms with Crippen LogP contribution in [0.15, 0.2) is 17.9 Å². The molecule has 1 aliphatic carbocycles. The lowest BCUT2D eigenvalue weighted by Gasteiger charge is -2.43. The van der Waals surface area contributed by atoms with Crippen LogP contribution in [-0.4, -0.2) is 23.5 Å². The molecule has 0 radical (unpaired) electrons. The number of likely N-dealkylation sites (tertiary alicyclic amines) is 1. The fourth-order valence-corrected chi connectivity index (χ4v) is 2.07. The maximum atomic E-state index is 3.28. The van der Waals surface area contributed by atoms with E-state index in [1.54, 1.807) is 0 Å². The first-order valence-corrected chi connectivity index (χ1v) is 5.05. The predicted molar refractivity (Wildman–Crippen MR) is 51.1 cm³/mol. The molecule has 0 aromatic rings. The number of nitrogens with zero attached hydrogens (tertiary/aromatic N) is 1. The fourth-order valence-electron chi connectivity index (χ4n) is 2.07. The van der Waals surface area contributed by atoms with Crippen molar-refractivity contribution < 1.29 is 0 Å². The Kier molecular flexibility index (Phi) is 2.34. The molecule has 0 amide bonds. The molecule has 1 fully saturated rings. The Labute approximate surface area is 74.8 Å². The first kappa shape index (κ1) is 8.10. The van der Waals surface area contributed by atoms with Gasteiger partial charge in [0.2, 0.25) is 0 Å². The van der Waals surface area contributed by atoms with Gasteiger partial charge in [-0.05, 0) is 44.8 Å².